The SMILES string of the molecule is Cc1cc(C)c(/C(=N/c2ccc(N(C)C)cc2C)C(=O)Nc2cc(Cl)c(S(N)(=O)=O)cc2Cl)c(C)c1. The summed E-state index contributed by atoms with van der Waals surface area (Å²) in [5.74, 6) is -0.525. The van der Waals surface area contributed by atoms with E-state index in [2.05, 4.69) is 5.32 Å². The number of rotatable bonds is 6. The second-order valence-corrected chi connectivity index (χ2v) is 11.2. The highest BCUT2D eigenvalue weighted by Crippen LogP contribution is 2.32. The zero-order valence-electron chi connectivity index (χ0n) is 20.9. The summed E-state index contributed by atoms with van der Waals surface area (Å²) >= 11 is 12.4. The topological polar surface area (TPSA) is 105 Å². The molecule has 3 rings (SSSR count). The zero-order chi connectivity index (χ0) is 26.9. The van der Waals surface area contributed by atoms with Crippen LogP contribution in [0.5, 0.6) is 0 Å². The van der Waals surface area contributed by atoms with Gasteiger partial charge in [0.2, 0.25) is 10.0 Å². The van der Waals surface area contributed by atoms with E-state index in [1.54, 1.807) is 0 Å². The minimum Gasteiger partial charge on any atom is -0.378 e. The number of sulfonamides is 1. The highest BCUT2D eigenvalue weighted by molar-refractivity contribution is 7.89. The highest BCUT2D eigenvalue weighted by atomic mass is 35.5. The number of nitrogens with one attached hydrogen (secondary N) is 1. The molecule has 0 heterocycles. The fourth-order valence-electron chi connectivity index (χ4n) is 3.96. The highest BCUT2D eigenvalue weighted by Gasteiger charge is 2.22. The molecule has 3 aromatic rings. The van der Waals surface area contributed by atoms with Crippen LogP contribution in [0.2, 0.25) is 10.0 Å². The van der Waals surface area contributed by atoms with E-state index in [4.69, 9.17) is 33.3 Å². The first kappa shape index (κ1) is 27.7. The summed E-state index contributed by atoms with van der Waals surface area (Å²) in [6.45, 7) is 7.76. The van der Waals surface area contributed by atoms with E-state index < -0.39 is 15.9 Å². The first-order valence-electron chi connectivity index (χ1n) is 11.0. The van der Waals surface area contributed by atoms with Crippen LogP contribution in [-0.4, -0.2) is 34.1 Å². The Morgan fingerprint density at radius 3 is 2.06 bits per heavy atom. The summed E-state index contributed by atoms with van der Waals surface area (Å²) in [4.78, 5) is 20.1. The Labute approximate surface area is 222 Å². The molecule has 0 radical (unpaired) electrons. The third-order valence-corrected chi connectivity index (χ3v) is 7.32. The third kappa shape index (κ3) is 6.07. The Morgan fingerprint density at radius 2 is 1.53 bits per heavy atom. The number of aliphatic imine (C=N–C) groups is 1. The van der Waals surface area contributed by atoms with E-state index in [1.165, 1.54) is 6.07 Å². The van der Waals surface area contributed by atoms with Gasteiger partial charge in [-0.1, -0.05) is 40.9 Å². The maximum atomic E-state index is 13.6. The van der Waals surface area contributed by atoms with Crippen LogP contribution in [0.25, 0.3) is 0 Å². The van der Waals surface area contributed by atoms with Gasteiger partial charge in [-0.2, -0.15) is 0 Å². The van der Waals surface area contributed by atoms with Crippen LogP contribution >= 0.6 is 23.2 Å². The molecule has 0 aliphatic rings. The fourth-order valence-corrected chi connectivity index (χ4v) is 5.34. The van der Waals surface area contributed by atoms with Gasteiger partial charge in [0.05, 0.1) is 21.4 Å². The molecule has 10 heteroatoms. The molecule has 36 heavy (non-hydrogen) atoms. The first-order valence-corrected chi connectivity index (χ1v) is 13.3. The number of hydrogen-bond acceptors (Lipinski definition) is 5. The summed E-state index contributed by atoms with van der Waals surface area (Å²) < 4.78 is 23.5. The molecule has 7 nitrogen and oxygen atoms in total. The average Bonchev–Trinajstić information content (AvgIpc) is 2.74. The number of benzene rings is 3. The van der Waals surface area contributed by atoms with E-state index in [1.807, 2.05) is 77.0 Å². The van der Waals surface area contributed by atoms with E-state index in [-0.39, 0.29) is 26.3 Å². The largest absolute Gasteiger partial charge is 0.378 e. The molecule has 0 spiro atoms. The second-order valence-electron chi connectivity index (χ2n) is 8.86. The van der Waals surface area contributed by atoms with E-state index in [0.717, 1.165) is 34.0 Å². The predicted molar refractivity (Wildman–Crippen MR) is 149 cm³/mol. The van der Waals surface area contributed by atoms with Crippen LogP contribution in [0.1, 0.15) is 27.8 Å². The van der Waals surface area contributed by atoms with Crippen molar-refractivity contribution in [2.24, 2.45) is 10.1 Å². The number of carbonyl (C=O) groups is 1. The summed E-state index contributed by atoms with van der Waals surface area (Å²) in [6.07, 6.45) is 0. The quantitative estimate of drug-likeness (QED) is 0.386. The zero-order valence-corrected chi connectivity index (χ0v) is 23.2. The van der Waals surface area contributed by atoms with Crippen molar-refractivity contribution < 1.29 is 13.2 Å². The fraction of sp³-hybridized carbons (Fsp3) is 0.231. The minimum atomic E-state index is -4.09. The van der Waals surface area contributed by atoms with Gasteiger partial charge >= 0.3 is 0 Å². The smallest absolute Gasteiger partial charge is 0.274 e. The summed E-state index contributed by atoms with van der Waals surface area (Å²) in [6, 6.07) is 12.1. The number of halogens is 2. The molecule has 0 saturated heterocycles. The van der Waals surface area contributed by atoms with Gasteiger partial charge in [-0.15, -0.1) is 0 Å². The Hall–Kier alpha value is -2.91. The molecule has 0 bridgehead atoms. The van der Waals surface area contributed by atoms with Crippen LogP contribution in [0, 0.1) is 27.7 Å². The summed E-state index contributed by atoms with van der Waals surface area (Å²) in [5.41, 5.74) is 6.39. The van der Waals surface area contributed by atoms with Gasteiger partial charge in [-0.3, -0.25) is 4.79 Å². The maximum Gasteiger partial charge on any atom is 0.274 e. The number of aryl methyl sites for hydroxylation is 4. The molecular formula is C26H28Cl2N4O3S. The Bertz CT molecular complexity index is 1480. The number of primary sulfonamides is 1. The van der Waals surface area contributed by atoms with Gasteiger partial charge in [0.25, 0.3) is 5.91 Å². The van der Waals surface area contributed by atoms with Gasteiger partial charge in [-0.05, 0) is 74.7 Å². The standard InChI is InChI=1S/C26H28Cl2N4O3S/c1-14-9-16(3)24(17(4)10-14)25(30-21-8-7-18(32(5)6)11-15(21)2)26(33)31-22-12-20(28)23(13-19(22)27)36(29,34)35/h7-13H,1-6H3,(H,31,33)(H2,29,34,35)/b30-25-. The van der Waals surface area contributed by atoms with E-state index >= 15 is 0 Å². The van der Waals surface area contributed by atoms with Crippen LogP contribution in [0.3, 0.4) is 0 Å². The van der Waals surface area contributed by atoms with Crippen molar-refractivity contribution in [2.75, 3.05) is 24.3 Å². The Balaban J connectivity index is 2.16. The number of hydrogen-bond donors (Lipinski definition) is 2. The molecule has 3 N–H and O–H groups in total. The molecule has 3 aromatic carbocycles. The van der Waals surface area contributed by atoms with Crippen molar-refractivity contribution >= 4 is 61.9 Å². The van der Waals surface area contributed by atoms with E-state index in [0.29, 0.717) is 11.3 Å². The average molecular weight is 548 g/mol. The lowest BCUT2D eigenvalue weighted by molar-refractivity contribution is -0.110. The van der Waals surface area contributed by atoms with Gasteiger partial charge in [0.1, 0.15) is 10.6 Å². The third-order valence-electron chi connectivity index (χ3n) is 5.63. The number of anilines is 2. The normalized spacial score (nSPS) is 12.0. The van der Waals surface area contributed by atoms with Gasteiger partial charge in [0, 0.05) is 25.3 Å². The molecule has 0 fully saturated rings. The second kappa shape index (κ2) is 10.6. The summed E-state index contributed by atoms with van der Waals surface area (Å²) in [7, 11) is -0.187. The maximum absolute atomic E-state index is 13.6. The van der Waals surface area contributed by atoms with E-state index in [9.17, 15) is 13.2 Å². The van der Waals surface area contributed by atoms with Crippen molar-refractivity contribution in [1.82, 2.24) is 0 Å². The van der Waals surface area contributed by atoms with Crippen LogP contribution in [0.15, 0.2) is 52.4 Å². The number of nitrogens with two attached hydrogens (primary N) is 1. The van der Waals surface area contributed by atoms with Crippen LogP contribution in [0.4, 0.5) is 17.1 Å². The lowest BCUT2D eigenvalue weighted by Gasteiger charge is -2.17. The molecule has 0 saturated carbocycles. The van der Waals surface area contributed by atoms with Crippen molar-refractivity contribution in [1.29, 1.82) is 0 Å². The molecular weight excluding hydrogens is 519 g/mol. The lowest BCUT2D eigenvalue weighted by atomic mass is 9.95. The summed E-state index contributed by atoms with van der Waals surface area (Å²) in [5, 5.41) is 7.75. The van der Waals surface area contributed by atoms with Crippen LogP contribution < -0.4 is 15.4 Å². The monoisotopic (exact) mass is 546 g/mol. The van der Waals surface area contributed by atoms with Gasteiger partial charge in [-0.25, -0.2) is 18.5 Å². The van der Waals surface area contributed by atoms with Crippen molar-refractivity contribution in [2.45, 2.75) is 32.6 Å². The predicted octanol–water partition coefficient (Wildman–Crippen LogP) is 5.70. The Kier molecular flexibility index (Phi) is 8.15. The number of nitrogens with zero attached hydrogens (tertiary/aromatic N) is 2. The first-order chi connectivity index (χ1) is 16.7. The van der Waals surface area contributed by atoms with Crippen LogP contribution in [-0.2, 0) is 14.8 Å². The lowest BCUT2D eigenvalue weighted by Crippen LogP contribution is -2.26. The van der Waals surface area contributed by atoms with Gasteiger partial charge in [0.15, 0.2) is 0 Å². The molecule has 0 aliphatic heterocycles. The number of carbonyl (C=O) groups excluding carboxylic acids is 1. The molecule has 190 valence electrons. The molecule has 0 aromatic heterocycles. The molecule has 1 amide bonds. The van der Waals surface area contributed by atoms with Crippen molar-refractivity contribution in [3.05, 3.63) is 80.3 Å². The molecule has 0 unspecified atom stereocenters. The molecule has 0 atom stereocenters. The van der Waals surface area contributed by atoms with Gasteiger partial charge < -0.3 is 10.2 Å². The van der Waals surface area contributed by atoms with Crippen molar-refractivity contribution in [3.63, 3.8) is 0 Å². The van der Waals surface area contributed by atoms with Crippen molar-refractivity contribution in [3.8, 4) is 0 Å². The number of amides is 1. The Morgan fingerprint density at radius 1 is 0.917 bits per heavy atom. The minimum absolute atomic E-state index is 0.0278. The molecule has 0 aliphatic carbocycles.